The van der Waals surface area contributed by atoms with Crippen molar-refractivity contribution < 1.29 is 9.13 Å². The highest BCUT2D eigenvalue weighted by Crippen LogP contribution is 2.20. The van der Waals surface area contributed by atoms with Gasteiger partial charge in [-0.2, -0.15) is 0 Å². The van der Waals surface area contributed by atoms with E-state index in [9.17, 15) is 4.39 Å². The van der Waals surface area contributed by atoms with Gasteiger partial charge >= 0.3 is 0 Å². The molecule has 0 atom stereocenters. The quantitative estimate of drug-likeness (QED) is 0.777. The Hall–Kier alpha value is -1.25. The van der Waals surface area contributed by atoms with Gasteiger partial charge in [-0.3, -0.25) is 0 Å². The maximum absolute atomic E-state index is 13.3. The van der Waals surface area contributed by atoms with E-state index >= 15 is 0 Å². The second kappa shape index (κ2) is 4.12. The van der Waals surface area contributed by atoms with Crippen LogP contribution in [-0.4, -0.2) is 13.2 Å². The fraction of sp³-hybridized carbons (Fsp3) is 0.400. The zero-order chi connectivity index (χ0) is 9.84. The van der Waals surface area contributed by atoms with Gasteiger partial charge in [0.15, 0.2) is 0 Å². The Morgan fingerprint density at radius 3 is 2.54 bits per heavy atom. The Bertz CT molecular complexity index is 286. The maximum atomic E-state index is 13.3. The highest BCUT2D eigenvalue weighted by Gasteiger charge is 2.03. The summed E-state index contributed by atoms with van der Waals surface area (Å²) in [5.74, 6) is 0.250. The summed E-state index contributed by atoms with van der Waals surface area (Å²) >= 11 is 0. The van der Waals surface area contributed by atoms with E-state index in [1.807, 2.05) is 13.8 Å². The summed E-state index contributed by atoms with van der Waals surface area (Å²) in [6.45, 7) is 3.92. The molecule has 1 aromatic rings. The third-order valence-corrected chi connectivity index (χ3v) is 1.62. The molecule has 0 saturated heterocycles. The van der Waals surface area contributed by atoms with Gasteiger partial charge in [-0.1, -0.05) is 0 Å². The van der Waals surface area contributed by atoms with Gasteiger partial charge in [0.05, 0.1) is 12.8 Å². The van der Waals surface area contributed by atoms with Crippen LogP contribution in [0.4, 0.5) is 10.1 Å². The molecule has 3 heteroatoms. The van der Waals surface area contributed by atoms with Gasteiger partial charge in [0.2, 0.25) is 0 Å². The first-order valence-corrected chi connectivity index (χ1v) is 4.23. The molecular weight excluding hydrogens is 169 g/mol. The molecule has 1 aromatic carbocycles. The molecule has 0 aliphatic carbocycles. The van der Waals surface area contributed by atoms with E-state index in [0.29, 0.717) is 11.4 Å². The molecule has 0 heterocycles. The first-order valence-electron chi connectivity index (χ1n) is 4.23. The van der Waals surface area contributed by atoms with Crippen molar-refractivity contribution in [2.75, 3.05) is 12.4 Å². The van der Waals surface area contributed by atoms with Crippen molar-refractivity contribution in [2.24, 2.45) is 0 Å². The van der Waals surface area contributed by atoms with Crippen molar-refractivity contribution in [3.63, 3.8) is 0 Å². The molecule has 0 aliphatic heterocycles. The molecule has 2 nitrogen and oxygen atoms in total. The Morgan fingerprint density at radius 2 is 2.08 bits per heavy atom. The zero-order valence-corrected chi connectivity index (χ0v) is 8.10. The van der Waals surface area contributed by atoms with Crippen molar-refractivity contribution >= 4 is 5.69 Å². The summed E-state index contributed by atoms with van der Waals surface area (Å²) < 4.78 is 18.1. The van der Waals surface area contributed by atoms with Crippen LogP contribution in [0.2, 0.25) is 0 Å². The van der Waals surface area contributed by atoms with Crippen LogP contribution in [0.5, 0.6) is 5.75 Å². The fourth-order valence-electron chi connectivity index (χ4n) is 1.05. The first-order chi connectivity index (χ1) is 6.13. The Labute approximate surface area is 77.7 Å². The molecule has 0 radical (unpaired) electrons. The van der Waals surface area contributed by atoms with Crippen LogP contribution in [0.3, 0.4) is 0 Å². The molecule has 1 rings (SSSR count). The summed E-state index contributed by atoms with van der Waals surface area (Å²) in [7, 11) is 1.52. The number of ether oxygens (including phenoxy) is 1. The van der Waals surface area contributed by atoms with Crippen LogP contribution in [0.1, 0.15) is 13.8 Å². The number of halogens is 1. The fourth-order valence-corrected chi connectivity index (χ4v) is 1.05. The first kappa shape index (κ1) is 9.84. The molecule has 0 bridgehead atoms. The van der Waals surface area contributed by atoms with Crippen LogP contribution in [-0.2, 0) is 0 Å². The lowest BCUT2D eigenvalue weighted by atomic mass is 10.2. The Morgan fingerprint density at radius 1 is 1.38 bits per heavy atom. The summed E-state index contributed by atoms with van der Waals surface area (Å²) in [5, 5.41) is 2.99. The molecule has 0 spiro atoms. The molecule has 0 unspecified atom stereocenters. The minimum absolute atomic E-state index is 0.225. The van der Waals surface area contributed by atoms with E-state index in [1.165, 1.54) is 13.2 Å². The topological polar surface area (TPSA) is 21.3 Å². The highest BCUT2D eigenvalue weighted by atomic mass is 19.1. The normalized spacial score (nSPS) is 10.2. The maximum Gasteiger partial charge on any atom is 0.149 e. The van der Waals surface area contributed by atoms with Crippen LogP contribution in [0.15, 0.2) is 18.2 Å². The number of hydrogen-bond acceptors (Lipinski definition) is 2. The summed E-state index contributed by atoms with van der Waals surface area (Å²) in [4.78, 5) is 0. The summed E-state index contributed by atoms with van der Waals surface area (Å²) in [5.41, 5.74) is 0.510. The van der Waals surface area contributed by atoms with Gasteiger partial charge in [0, 0.05) is 12.1 Å². The van der Waals surface area contributed by atoms with Crippen molar-refractivity contribution in [2.45, 2.75) is 19.9 Å². The number of rotatable bonds is 3. The molecule has 0 aromatic heterocycles. The number of benzene rings is 1. The molecule has 1 N–H and O–H groups in total. The molecule has 0 aliphatic rings. The van der Waals surface area contributed by atoms with E-state index < -0.39 is 0 Å². The standard InChI is InChI=1S/C10H14FNO/c1-7(2)12-10-5-4-8(13-3)6-9(10)11/h4-7,12H,1-3H3. The predicted molar refractivity (Wildman–Crippen MR) is 51.7 cm³/mol. The Balaban J connectivity index is 2.85. The molecule has 0 saturated carbocycles. The van der Waals surface area contributed by atoms with Crippen molar-refractivity contribution in [1.82, 2.24) is 0 Å². The molecule has 72 valence electrons. The monoisotopic (exact) mass is 183 g/mol. The second-order valence-electron chi connectivity index (χ2n) is 3.14. The van der Waals surface area contributed by atoms with Crippen molar-refractivity contribution in [3.05, 3.63) is 24.0 Å². The average Bonchev–Trinajstić information content (AvgIpc) is 2.08. The van der Waals surface area contributed by atoms with Gasteiger partial charge in [-0.25, -0.2) is 4.39 Å². The largest absolute Gasteiger partial charge is 0.497 e. The lowest BCUT2D eigenvalue weighted by Crippen LogP contribution is -2.10. The molecule has 0 amide bonds. The van der Waals surface area contributed by atoms with Crippen LogP contribution >= 0.6 is 0 Å². The van der Waals surface area contributed by atoms with Gasteiger partial charge in [-0.05, 0) is 26.0 Å². The van der Waals surface area contributed by atoms with E-state index in [4.69, 9.17) is 4.74 Å². The van der Waals surface area contributed by atoms with Gasteiger partial charge in [0.1, 0.15) is 11.6 Å². The third-order valence-electron chi connectivity index (χ3n) is 1.62. The van der Waals surface area contributed by atoms with Crippen LogP contribution < -0.4 is 10.1 Å². The minimum atomic E-state index is -0.284. The average molecular weight is 183 g/mol. The second-order valence-corrected chi connectivity index (χ2v) is 3.14. The summed E-state index contributed by atoms with van der Waals surface area (Å²) in [6, 6.07) is 5.00. The van der Waals surface area contributed by atoms with Gasteiger partial charge in [0.25, 0.3) is 0 Å². The smallest absolute Gasteiger partial charge is 0.149 e. The SMILES string of the molecule is COc1ccc(NC(C)C)c(F)c1. The van der Waals surface area contributed by atoms with Crippen molar-refractivity contribution in [3.8, 4) is 5.75 Å². The van der Waals surface area contributed by atoms with Gasteiger partial charge < -0.3 is 10.1 Å². The van der Waals surface area contributed by atoms with E-state index in [1.54, 1.807) is 12.1 Å². The molecular formula is C10H14FNO. The minimum Gasteiger partial charge on any atom is -0.497 e. The number of methoxy groups -OCH3 is 1. The van der Waals surface area contributed by atoms with Crippen LogP contribution in [0, 0.1) is 5.82 Å². The van der Waals surface area contributed by atoms with Crippen molar-refractivity contribution in [1.29, 1.82) is 0 Å². The number of anilines is 1. The molecule has 13 heavy (non-hydrogen) atoms. The third kappa shape index (κ3) is 2.61. The zero-order valence-electron chi connectivity index (χ0n) is 8.10. The Kier molecular flexibility index (Phi) is 3.12. The lowest BCUT2D eigenvalue weighted by molar-refractivity contribution is 0.411. The lowest BCUT2D eigenvalue weighted by Gasteiger charge is -2.11. The van der Waals surface area contributed by atoms with E-state index in [-0.39, 0.29) is 11.9 Å². The predicted octanol–water partition coefficient (Wildman–Crippen LogP) is 2.65. The number of hydrogen-bond donors (Lipinski definition) is 1. The highest BCUT2D eigenvalue weighted by molar-refractivity contribution is 5.48. The van der Waals surface area contributed by atoms with E-state index in [0.717, 1.165) is 0 Å². The number of nitrogens with one attached hydrogen (secondary N) is 1. The van der Waals surface area contributed by atoms with Gasteiger partial charge in [-0.15, -0.1) is 0 Å². The summed E-state index contributed by atoms with van der Waals surface area (Å²) in [6.07, 6.45) is 0. The van der Waals surface area contributed by atoms with Crippen LogP contribution in [0.25, 0.3) is 0 Å². The van der Waals surface area contributed by atoms with E-state index in [2.05, 4.69) is 5.32 Å². The molecule has 0 fully saturated rings.